The van der Waals surface area contributed by atoms with E-state index in [4.69, 9.17) is 29.0 Å². The van der Waals surface area contributed by atoms with Crippen molar-refractivity contribution in [2.45, 2.75) is 116 Å². The van der Waals surface area contributed by atoms with E-state index < -0.39 is 53.0 Å². The summed E-state index contributed by atoms with van der Waals surface area (Å²) in [5, 5.41) is 24.6. The topological polar surface area (TPSA) is 199 Å². The number of benzene rings is 1. The van der Waals surface area contributed by atoms with Gasteiger partial charge >= 0.3 is 12.1 Å². The molecule has 4 heterocycles. The van der Waals surface area contributed by atoms with Gasteiger partial charge in [-0.15, -0.1) is 5.10 Å². The van der Waals surface area contributed by atoms with Crippen LogP contribution in [0.2, 0.25) is 0 Å². The van der Waals surface area contributed by atoms with Crippen molar-refractivity contribution in [3.63, 3.8) is 0 Å². The van der Waals surface area contributed by atoms with E-state index in [9.17, 15) is 24.3 Å². The number of amides is 3. The largest absolute Gasteiger partial charge is 0.492 e. The number of hydrogen-bond acceptors (Lipinski definition) is 12. The molecule has 2 saturated heterocycles. The molecule has 17 heteroatoms. The van der Waals surface area contributed by atoms with E-state index in [0.717, 1.165) is 32.5 Å². The van der Waals surface area contributed by atoms with Crippen LogP contribution < -0.4 is 25.4 Å². The zero-order chi connectivity index (χ0) is 43.9. The van der Waals surface area contributed by atoms with Gasteiger partial charge < -0.3 is 44.9 Å². The zero-order valence-electron chi connectivity index (χ0n) is 36.7. The van der Waals surface area contributed by atoms with Crippen LogP contribution in [0.25, 0.3) is 16.7 Å². The molecule has 336 valence electrons. The van der Waals surface area contributed by atoms with Gasteiger partial charge in [-0.2, -0.15) is 0 Å². The first-order valence-electron chi connectivity index (χ1n) is 22.3. The van der Waals surface area contributed by atoms with Crippen molar-refractivity contribution in [2.75, 3.05) is 51.3 Å². The summed E-state index contributed by atoms with van der Waals surface area (Å²) in [5.41, 5.74) is -1.59. The Kier molecular flexibility index (Phi) is 12.3. The lowest BCUT2D eigenvalue weighted by Crippen LogP contribution is -2.59. The monoisotopic (exact) mass is 858 g/mol. The van der Waals surface area contributed by atoms with E-state index in [1.807, 2.05) is 72.0 Å². The molecule has 5 fully saturated rings. The van der Waals surface area contributed by atoms with E-state index >= 15 is 0 Å². The van der Waals surface area contributed by atoms with Crippen LogP contribution in [0.15, 0.2) is 36.5 Å². The number of carbonyl (C=O) groups excluding carboxylic acids is 3. The van der Waals surface area contributed by atoms with E-state index in [2.05, 4.69) is 20.9 Å². The number of carboxylic acid groups (broad SMARTS) is 1. The molecule has 0 spiro atoms. The summed E-state index contributed by atoms with van der Waals surface area (Å²) in [6.45, 7) is 15.9. The highest BCUT2D eigenvalue weighted by molar-refractivity contribution is 5.96. The Hall–Kier alpha value is -5.16. The van der Waals surface area contributed by atoms with Crippen molar-refractivity contribution in [3.8, 4) is 17.3 Å². The summed E-state index contributed by atoms with van der Waals surface area (Å²) in [5.74, 6) is 1.07. The summed E-state index contributed by atoms with van der Waals surface area (Å²) >= 11 is 0. The van der Waals surface area contributed by atoms with Crippen LogP contribution in [0.5, 0.6) is 11.5 Å². The van der Waals surface area contributed by atoms with Gasteiger partial charge in [-0.25, -0.2) is 19.3 Å². The van der Waals surface area contributed by atoms with Gasteiger partial charge in [0.1, 0.15) is 53.8 Å². The molecular formula is C45H62N8O9. The Balaban J connectivity index is 1.07. The minimum atomic E-state index is -1.40. The Morgan fingerprint density at radius 1 is 1.02 bits per heavy atom. The second-order valence-corrected chi connectivity index (χ2v) is 19.2. The van der Waals surface area contributed by atoms with Crippen LogP contribution in [0.1, 0.15) is 80.1 Å². The van der Waals surface area contributed by atoms with Crippen LogP contribution >= 0.6 is 0 Å². The quantitative estimate of drug-likeness (QED) is 0.156. The van der Waals surface area contributed by atoms with Gasteiger partial charge in [0.2, 0.25) is 11.8 Å². The molecule has 0 radical (unpaired) electrons. The van der Waals surface area contributed by atoms with Crippen LogP contribution in [0.3, 0.4) is 0 Å². The fourth-order valence-electron chi connectivity index (χ4n) is 9.43. The molecule has 8 atom stereocenters. The Morgan fingerprint density at radius 3 is 2.45 bits per heavy atom. The minimum absolute atomic E-state index is 0.00436. The van der Waals surface area contributed by atoms with Gasteiger partial charge in [-0.05, 0) is 74.8 Å². The number of aliphatic carboxylic acids is 1. The number of carbonyl (C=O) groups is 4. The Labute approximate surface area is 362 Å². The van der Waals surface area contributed by atoms with Gasteiger partial charge in [-0.3, -0.25) is 14.5 Å². The minimum Gasteiger partial charge on any atom is -0.492 e. The van der Waals surface area contributed by atoms with E-state index in [1.165, 1.54) is 11.3 Å². The van der Waals surface area contributed by atoms with Crippen molar-refractivity contribution in [2.24, 2.45) is 23.2 Å². The summed E-state index contributed by atoms with van der Waals surface area (Å²) in [7, 11) is 0. The van der Waals surface area contributed by atoms with Crippen molar-refractivity contribution < 1.29 is 43.2 Å². The number of anilines is 1. The lowest BCUT2D eigenvalue weighted by molar-refractivity contribution is -0.146. The third-order valence-corrected chi connectivity index (χ3v) is 13.1. The molecule has 3 aromatic rings. The lowest BCUT2D eigenvalue weighted by Gasteiger charge is -2.35. The third-order valence-electron chi connectivity index (χ3n) is 13.1. The molecule has 2 aliphatic heterocycles. The second-order valence-electron chi connectivity index (χ2n) is 19.2. The number of nitrogens with one attached hydrogen (secondary N) is 3. The van der Waals surface area contributed by atoms with E-state index in [0.29, 0.717) is 78.5 Å². The number of nitrogens with zero attached hydrogens (tertiary/aromatic N) is 5. The molecule has 2 aromatic heterocycles. The highest BCUT2D eigenvalue weighted by atomic mass is 16.6. The highest BCUT2D eigenvalue weighted by Crippen LogP contribution is 2.52. The van der Waals surface area contributed by atoms with Gasteiger partial charge in [0.15, 0.2) is 5.82 Å². The molecule has 0 unspecified atom stereocenters. The van der Waals surface area contributed by atoms with Crippen molar-refractivity contribution >= 4 is 40.6 Å². The number of pyridine rings is 1. The number of carboxylic acids is 1. The first-order chi connectivity index (χ1) is 29.6. The molecule has 4 N–H and O–H groups in total. The number of likely N-dealkylation sites (tertiary alicyclic amines) is 1. The number of fused-ring (bicyclic) bond motifs is 2. The SMILES string of the molecule is CC[C@@H]1C[C@]1(NC(=O)[C@@H]1C[C@@H](Oc2cc(-n3ccc(NC(C)C)n3)nc3cc(OCCN4CCOCC4)ccc23)CN1C(=O)[C@@H](NC(=O)O[C@@H]1C[C@@H]2C[C@@H]2C1)C(C)(C)C)C(=O)O. The maximum Gasteiger partial charge on any atom is 0.408 e. The molecule has 0 bridgehead atoms. The number of rotatable bonds is 16. The molecule has 1 aromatic carbocycles. The number of morpholine rings is 1. The third kappa shape index (κ3) is 9.58. The Morgan fingerprint density at radius 2 is 1.77 bits per heavy atom. The van der Waals surface area contributed by atoms with Gasteiger partial charge in [0, 0.05) is 61.9 Å². The number of ether oxygens (including phenoxy) is 4. The lowest BCUT2D eigenvalue weighted by atomic mass is 9.85. The first-order valence-corrected chi connectivity index (χ1v) is 22.3. The maximum absolute atomic E-state index is 14.8. The van der Waals surface area contributed by atoms with E-state index in [1.54, 1.807) is 10.7 Å². The maximum atomic E-state index is 14.8. The Bertz CT molecular complexity index is 2140. The molecule has 62 heavy (non-hydrogen) atoms. The van der Waals surface area contributed by atoms with Crippen molar-refractivity contribution in [1.82, 2.24) is 35.2 Å². The standard InChI is InChI=1S/C45H62N8O9/c1-7-29-24-45(29,42(56)57)49-40(54)35-22-32(25-52(35)41(55)39(44(4,5)6)48-43(58)62-31-19-27-18-28(27)20-31)61-36-23-38(53-11-10-37(50-53)46-26(2)3)47-34-21-30(8-9-33(34)36)60-17-14-51-12-15-59-16-13-51/h8-11,21,23,26-29,31-32,35,39H,7,12-20,22,24-25H2,1-6H3,(H,46,50)(H,48,58)(H,49,54)(H,56,57)/t27-,28+,29-,31+,32-,35+,39-,45-/m1/s1. The normalized spacial score (nSPS) is 27.4. The van der Waals surface area contributed by atoms with Crippen molar-refractivity contribution in [1.29, 1.82) is 0 Å². The molecule has 3 aliphatic carbocycles. The zero-order valence-corrected chi connectivity index (χ0v) is 36.7. The summed E-state index contributed by atoms with van der Waals surface area (Å²) in [6.07, 6.45) is 4.04. The predicted molar refractivity (Wildman–Crippen MR) is 229 cm³/mol. The number of alkyl carbamates (subject to hydrolysis) is 1. The molecule has 17 nitrogen and oxygen atoms in total. The van der Waals surface area contributed by atoms with Gasteiger partial charge in [0.05, 0.1) is 25.3 Å². The summed E-state index contributed by atoms with van der Waals surface area (Å²) in [6, 6.07) is 7.28. The van der Waals surface area contributed by atoms with Gasteiger partial charge in [-0.1, -0.05) is 34.1 Å². The fraction of sp³-hybridized carbons (Fsp3) is 0.644. The van der Waals surface area contributed by atoms with Crippen LogP contribution in [0, 0.1) is 23.2 Å². The van der Waals surface area contributed by atoms with Gasteiger partial charge in [0.25, 0.3) is 0 Å². The average Bonchev–Trinajstić information content (AvgIpc) is 3.89. The average molecular weight is 859 g/mol. The molecule has 3 saturated carbocycles. The summed E-state index contributed by atoms with van der Waals surface area (Å²) in [4.78, 5) is 63.6. The highest BCUT2D eigenvalue weighted by Gasteiger charge is 2.61. The number of hydrogen-bond donors (Lipinski definition) is 4. The van der Waals surface area contributed by atoms with Crippen LogP contribution in [-0.2, 0) is 23.9 Å². The smallest absolute Gasteiger partial charge is 0.408 e. The summed E-state index contributed by atoms with van der Waals surface area (Å²) < 4.78 is 25.9. The number of aromatic nitrogens is 3. The molecular weight excluding hydrogens is 797 g/mol. The molecule has 5 aliphatic rings. The van der Waals surface area contributed by atoms with Crippen LogP contribution in [-0.4, -0.2) is 135 Å². The fourth-order valence-corrected chi connectivity index (χ4v) is 9.43. The second kappa shape index (κ2) is 17.5. The molecule has 8 rings (SSSR count). The first kappa shape index (κ1) is 43.5. The molecule has 3 amide bonds. The van der Waals surface area contributed by atoms with E-state index in [-0.39, 0.29) is 31.0 Å². The van der Waals surface area contributed by atoms with Crippen molar-refractivity contribution in [3.05, 3.63) is 36.5 Å². The van der Waals surface area contributed by atoms with Crippen LogP contribution in [0.4, 0.5) is 10.6 Å². The predicted octanol–water partition coefficient (Wildman–Crippen LogP) is 4.61.